The van der Waals surface area contributed by atoms with E-state index in [0.29, 0.717) is 26.1 Å². The van der Waals surface area contributed by atoms with Gasteiger partial charge < -0.3 is 4.74 Å². The van der Waals surface area contributed by atoms with Gasteiger partial charge in [-0.25, -0.2) is 0 Å². The average Bonchev–Trinajstić information content (AvgIpc) is 2.45. The van der Waals surface area contributed by atoms with Gasteiger partial charge in [-0.3, -0.25) is 25.7 Å². The van der Waals surface area contributed by atoms with Gasteiger partial charge in [-0.2, -0.15) is 5.10 Å². The van der Waals surface area contributed by atoms with Crippen LogP contribution in [0.2, 0.25) is 0 Å². The van der Waals surface area contributed by atoms with Crippen LogP contribution in [0.4, 0.5) is 17.1 Å². The molecule has 1 aromatic rings. The summed E-state index contributed by atoms with van der Waals surface area (Å²) in [5.41, 5.74) is 2.86. The molecular weight excluding hydrogens is 268 g/mol. The van der Waals surface area contributed by atoms with Gasteiger partial charge in [-0.15, -0.1) is 0 Å². The lowest BCUT2D eigenvalue weighted by Gasteiger charge is -2.13. The standard InChI is InChI=1S/C11H12N4O5/c16-14(17)9-1-2-10(11(7-9)15(18)19)13-12-8-3-5-20-6-4-8/h1-2,7,13H,3-6H2. The number of nitro benzene ring substituents is 2. The van der Waals surface area contributed by atoms with Crippen LogP contribution in [-0.4, -0.2) is 28.8 Å². The number of rotatable bonds is 4. The first-order chi connectivity index (χ1) is 9.58. The number of benzene rings is 1. The lowest BCUT2D eigenvalue weighted by molar-refractivity contribution is -0.393. The van der Waals surface area contributed by atoms with Crippen molar-refractivity contribution in [2.24, 2.45) is 5.10 Å². The number of nitrogens with one attached hydrogen (secondary N) is 1. The summed E-state index contributed by atoms with van der Waals surface area (Å²) in [5, 5.41) is 25.6. The molecule has 0 aliphatic carbocycles. The Kier molecular flexibility index (Phi) is 4.20. The smallest absolute Gasteiger partial charge is 0.301 e. The van der Waals surface area contributed by atoms with E-state index in [1.165, 1.54) is 12.1 Å². The quantitative estimate of drug-likeness (QED) is 0.665. The number of ether oxygens (including phenoxy) is 1. The summed E-state index contributed by atoms with van der Waals surface area (Å²) in [6, 6.07) is 3.38. The second-order valence-electron chi connectivity index (χ2n) is 4.12. The number of nitrogens with zero attached hydrogens (tertiary/aromatic N) is 3. The third-order valence-electron chi connectivity index (χ3n) is 2.79. The zero-order valence-corrected chi connectivity index (χ0v) is 10.4. The number of hydrogen-bond acceptors (Lipinski definition) is 7. The van der Waals surface area contributed by atoms with E-state index < -0.39 is 9.85 Å². The minimum absolute atomic E-state index is 0.125. The molecule has 0 aromatic heterocycles. The lowest BCUT2D eigenvalue weighted by Crippen LogP contribution is -2.16. The summed E-state index contributed by atoms with van der Waals surface area (Å²) in [6.45, 7) is 1.14. The van der Waals surface area contributed by atoms with Crippen LogP contribution in [0.25, 0.3) is 0 Å². The number of anilines is 1. The highest BCUT2D eigenvalue weighted by Crippen LogP contribution is 2.29. The van der Waals surface area contributed by atoms with E-state index in [4.69, 9.17) is 4.74 Å². The van der Waals surface area contributed by atoms with Gasteiger partial charge >= 0.3 is 5.69 Å². The Morgan fingerprint density at radius 1 is 1.15 bits per heavy atom. The average molecular weight is 280 g/mol. The molecule has 1 heterocycles. The second kappa shape index (κ2) is 6.06. The first-order valence-corrected chi connectivity index (χ1v) is 5.90. The van der Waals surface area contributed by atoms with Gasteiger partial charge in [0.05, 0.1) is 29.1 Å². The zero-order valence-electron chi connectivity index (χ0n) is 10.4. The molecule has 0 radical (unpaired) electrons. The Balaban J connectivity index is 2.22. The molecule has 0 saturated carbocycles. The van der Waals surface area contributed by atoms with Crippen LogP contribution in [0.5, 0.6) is 0 Å². The highest BCUT2D eigenvalue weighted by atomic mass is 16.6. The molecule has 0 atom stereocenters. The summed E-state index contributed by atoms with van der Waals surface area (Å²) in [7, 11) is 0. The predicted molar refractivity (Wildman–Crippen MR) is 70.9 cm³/mol. The normalized spacial score (nSPS) is 14.7. The molecule has 9 heteroatoms. The predicted octanol–water partition coefficient (Wildman–Crippen LogP) is 2.08. The number of nitro groups is 2. The van der Waals surface area contributed by atoms with Gasteiger partial charge in [0.25, 0.3) is 5.69 Å². The van der Waals surface area contributed by atoms with Crippen molar-refractivity contribution in [1.29, 1.82) is 0 Å². The first-order valence-electron chi connectivity index (χ1n) is 5.90. The van der Waals surface area contributed by atoms with Crippen molar-refractivity contribution in [3.8, 4) is 0 Å². The molecule has 1 aliphatic rings. The fourth-order valence-electron chi connectivity index (χ4n) is 1.74. The van der Waals surface area contributed by atoms with E-state index >= 15 is 0 Å². The summed E-state index contributed by atoms with van der Waals surface area (Å²) >= 11 is 0. The van der Waals surface area contributed by atoms with E-state index in [-0.39, 0.29) is 17.1 Å². The molecule has 0 spiro atoms. The third kappa shape index (κ3) is 3.26. The second-order valence-corrected chi connectivity index (χ2v) is 4.12. The Bertz CT molecular complexity index is 564. The molecule has 0 unspecified atom stereocenters. The number of non-ortho nitro benzene ring substituents is 1. The Labute approximate surface area is 113 Å². The van der Waals surface area contributed by atoms with Crippen molar-refractivity contribution in [2.45, 2.75) is 12.8 Å². The summed E-state index contributed by atoms with van der Waals surface area (Å²) in [6.07, 6.45) is 1.32. The van der Waals surface area contributed by atoms with Crippen molar-refractivity contribution in [1.82, 2.24) is 0 Å². The van der Waals surface area contributed by atoms with E-state index in [9.17, 15) is 20.2 Å². The molecule has 1 aromatic carbocycles. The number of hydrazone groups is 1. The van der Waals surface area contributed by atoms with Crippen LogP contribution in [-0.2, 0) is 4.74 Å². The summed E-state index contributed by atoms with van der Waals surface area (Å²) in [5.74, 6) is 0. The van der Waals surface area contributed by atoms with E-state index in [2.05, 4.69) is 10.5 Å². The zero-order chi connectivity index (χ0) is 14.5. The highest BCUT2D eigenvalue weighted by molar-refractivity contribution is 5.86. The van der Waals surface area contributed by atoms with E-state index in [1.54, 1.807) is 0 Å². The summed E-state index contributed by atoms with van der Waals surface area (Å²) < 4.78 is 5.16. The molecule has 1 aliphatic heterocycles. The topological polar surface area (TPSA) is 120 Å². The van der Waals surface area contributed by atoms with E-state index in [1.807, 2.05) is 0 Å². The maximum atomic E-state index is 10.9. The van der Waals surface area contributed by atoms with Crippen LogP contribution < -0.4 is 5.43 Å². The SMILES string of the molecule is O=[N+]([O-])c1ccc(NN=C2CCOCC2)c([N+](=O)[O-])c1. The maximum Gasteiger partial charge on any atom is 0.301 e. The van der Waals surface area contributed by atoms with Crippen molar-refractivity contribution in [2.75, 3.05) is 18.6 Å². The Morgan fingerprint density at radius 3 is 2.45 bits per heavy atom. The van der Waals surface area contributed by atoms with Crippen molar-refractivity contribution in [3.05, 3.63) is 38.4 Å². The maximum absolute atomic E-state index is 10.9. The van der Waals surface area contributed by atoms with Gasteiger partial charge in [0, 0.05) is 24.6 Å². The molecule has 9 nitrogen and oxygen atoms in total. The van der Waals surface area contributed by atoms with Crippen molar-refractivity contribution < 1.29 is 14.6 Å². The van der Waals surface area contributed by atoms with E-state index in [0.717, 1.165) is 11.8 Å². The van der Waals surface area contributed by atoms with Crippen LogP contribution >= 0.6 is 0 Å². The van der Waals surface area contributed by atoms with Crippen molar-refractivity contribution >= 4 is 22.8 Å². The van der Waals surface area contributed by atoms with Crippen LogP contribution in [0.3, 0.4) is 0 Å². The molecule has 106 valence electrons. The Morgan fingerprint density at radius 2 is 1.85 bits per heavy atom. The van der Waals surface area contributed by atoms with Crippen LogP contribution in [0.15, 0.2) is 23.3 Å². The van der Waals surface area contributed by atoms with Crippen LogP contribution in [0.1, 0.15) is 12.8 Å². The van der Waals surface area contributed by atoms with Gasteiger partial charge in [0.1, 0.15) is 5.69 Å². The van der Waals surface area contributed by atoms with Gasteiger partial charge in [0.15, 0.2) is 0 Å². The molecule has 1 N–H and O–H groups in total. The van der Waals surface area contributed by atoms with Gasteiger partial charge in [-0.05, 0) is 6.07 Å². The molecule has 0 amide bonds. The largest absolute Gasteiger partial charge is 0.381 e. The molecule has 2 rings (SSSR count). The highest BCUT2D eigenvalue weighted by Gasteiger charge is 2.19. The van der Waals surface area contributed by atoms with Gasteiger partial charge in [0.2, 0.25) is 0 Å². The number of hydrogen-bond donors (Lipinski definition) is 1. The van der Waals surface area contributed by atoms with Gasteiger partial charge in [-0.1, -0.05) is 0 Å². The third-order valence-corrected chi connectivity index (χ3v) is 2.79. The fourth-order valence-corrected chi connectivity index (χ4v) is 1.74. The molecular formula is C11H12N4O5. The first kappa shape index (κ1) is 13.9. The molecule has 0 bridgehead atoms. The van der Waals surface area contributed by atoms with Crippen molar-refractivity contribution in [3.63, 3.8) is 0 Å². The molecule has 20 heavy (non-hydrogen) atoms. The monoisotopic (exact) mass is 280 g/mol. The summed E-state index contributed by atoms with van der Waals surface area (Å²) in [4.78, 5) is 20.2. The Hall–Kier alpha value is -2.55. The minimum atomic E-state index is -0.681. The molecule has 1 fully saturated rings. The molecule has 1 saturated heterocycles. The van der Waals surface area contributed by atoms with Crippen LogP contribution in [0, 0.1) is 20.2 Å². The lowest BCUT2D eigenvalue weighted by atomic mass is 10.2. The minimum Gasteiger partial charge on any atom is -0.381 e. The fraction of sp³-hybridized carbons (Fsp3) is 0.364.